The number of nitrogens with zero attached hydrogens (tertiary/aromatic N) is 2. The molecule has 2 rings (SSSR count). The van der Waals surface area contributed by atoms with Gasteiger partial charge in [-0.25, -0.2) is 0 Å². The lowest BCUT2D eigenvalue weighted by Crippen LogP contribution is -2.36. The number of anilines is 1. The van der Waals surface area contributed by atoms with Gasteiger partial charge < -0.3 is 10.4 Å². The minimum atomic E-state index is -0.244. The minimum Gasteiger partial charge on any atom is -0.391 e. The van der Waals surface area contributed by atoms with Crippen LogP contribution in [0.4, 0.5) is 5.13 Å². The summed E-state index contributed by atoms with van der Waals surface area (Å²) in [5, 5.41) is 21.5. The van der Waals surface area contributed by atoms with E-state index in [4.69, 9.17) is 0 Å². The van der Waals surface area contributed by atoms with Crippen LogP contribution in [0.5, 0.6) is 0 Å². The molecule has 6 heteroatoms. The first kappa shape index (κ1) is 10.3. The second-order valence-corrected chi connectivity index (χ2v) is 5.72. The van der Waals surface area contributed by atoms with Crippen molar-refractivity contribution in [1.82, 2.24) is 10.2 Å². The van der Waals surface area contributed by atoms with E-state index in [9.17, 15) is 5.11 Å². The first-order chi connectivity index (χ1) is 6.75. The van der Waals surface area contributed by atoms with Gasteiger partial charge >= 0.3 is 0 Å². The molecule has 0 saturated heterocycles. The van der Waals surface area contributed by atoms with Gasteiger partial charge in [-0.2, -0.15) is 0 Å². The molecule has 1 aromatic heterocycles. The number of aromatic nitrogens is 2. The molecule has 0 unspecified atom stereocenters. The molecule has 1 aromatic rings. The lowest BCUT2D eigenvalue weighted by molar-refractivity contribution is 0.116. The summed E-state index contributed by atoms with van der Waals surface area (Å²) in [6.07, 6.45) is 3.95. The van der Waals surface area contributed by atoms with Gasteiger partial charge in [0.05, 0.1) is 12.1 Å². The normalized spacial score (nSPS) is 27.6. The topological polar surface area (TPSA) is 58.0 Å². The second kappa shape index (κ2) is 4.55. The number of nitrogens with one attached hydrogen (secondary N) is 1. The number of halogens is 1. The van der Waals surface area contributed by atoms with E-state index in [0.29, 0.717) is 0 Å². The van der Waals surface area contributed by atoms with Gasteiger partial charge in [-0.3, -0.25) is 0 Å². The SMILES string of the molecule is O[C@@H]1CCCC[C@@H]1Nc1nnc(Br)s1. The van der Waals surface area contributed by atoms with Gasteiger partial charge in [0.2, 0.25) is 5.13 Å². The van der Waals surface area contributed by atoms with E-state index in [0.717, 1.165) is 28.3 Å². The zero-order chi connectivity index (χ0) is 9.97. The van der Waals surface area contributed by atoms with Gasteiger partial charge in [0, 0.05) is 0 Å². The van der Waals surface area contributed by atoms with Crippen molar-refractivity contribution in [2.24, 2.45) is 0 Å². The van der Waals surface area contributed by atoms with E-state index in [-0.39, 0.29) is 12.1 Å². The Bertz CT molecular complexity index is 307. The van der Waals surface area contributed by atoms with E-state index in [2.05, 4.69) is 31.4 Å². The smallest absolute Gasteiger partial charge is 0.206 e. The fourth-order valence-corrected chi connectivity index (χ4v) is 2.77. The van der Waals surface area contributed by atoms with Crippen molar-refractivity contribution in [3.8, 4) is 0 Å². The molecule has 1 heterocycles. The summed E-state index contributed by atoms with van der Waals surface area (Å²) < 4.78 is 0.769. The van der Waals surface area contributed by atoms with Crippen LogP contribution in [-0.2, 0) is 0 Å². The van der Waals surface area contributed by atoms with Crippen LogP contribution in [0.15, 0.2) is 3.92 Å². The van der Waals surface area contributed by atoms with Crippen molar-refractivity contribution in [1.29, 1.82) is 0 Å². The van der Waals surface area contributed by atoms with Crippen LogP contribution < -0.4 is 5.32 Å². The molecule has 1 saturated carbocycles. The van der Waals surface area contributed by atoms with Gasteiger partial charge in [-0.05, 0) is 28.8 Å². The summed E-state index contributed by atoms with van der Waals surface area (Å²) in [5.41, 5.74) is 0. The maximum absolute atomic E-state index is 9.72. The zero-order valence-corrected chi connectivity index (χ0v) is 10.0. The van der Waals surface area contributed by atoms with Crippen molar-refractivity contribution in [2.75, 3.05) is 5.32 Å². The van der Waals surface area contributed by atoms with Gasteiger partial charge in [-0.1, -0.05) is 24.2 Å². The molecule has 78 valence electrons. The Balaban J connectivity index is 1.95. The largest absolute Gasteiger partial charge is 0.391 e. The molecule has 2 N–H and O–H groups in total. The summed E-state index contributed by atoms with van der Waals surface area (Å²) in [5.74, 6) is 0. The molecule has 2 atom stereocenters. The molecule has 0 amide bonds. The third kappa shape index (κ3) is 2.43. The highest BCUT2D eigenvalue weighted by Gasteiger charge is 2.23. The maximum atomic E-state index is 9.72. The number of aliphatic hydroxyl groups is 1. The average molecular weight is 278 g/mol. The molecule has 1 aliphatic rings. The maximum Gasteiger partial charge on any atom is 0.206 e. The molecule has 14 heavy (non-hydrogen) atoms. The molecule has 0 spiro atoms. The summed E-state index contributed by atoms with van der Waals surface area (Å²) in [4.78, 5) is 0. The highest BCUT2D eigenvalue weighted by Crippen LogP contribution is 2.25. The Morgan fingerprint density at radius 2 is 2.14 bits per heavy atom. The van der Waals surface area contributed by atoms with Crippen molar-refractivity contribution in [2.45, 2.75) is 37.8 Å². The van der Waals surface area contributed by atoms with Crippen LogP contribution in [0.2, 0.25) is 0 Å². The molecule has 4 nitrogen and oxygen atoms in total. The van der Waals surface area contributed by atoms with Crippen LogP contribution in [0.1, 0.15) is 25.7 Å². The van der Waals surface area contributed by atoms with Crippen molar-refractivity contribution in [3.05, 3.63) is 3.92 Å². The molecule has 1 aliphatic carbocycles. The fraction of sp³-hybridized carbons (Fsp3) is 0.750. The van der Waals surface area contributed by atoms with Crippen LogP contribution in [0, 0.1) is 0 Å². The van der Waals surface area contributed by atoms with Crippen LogP contribution >= 0.6 is 27.3 Å². The number of hydrogen-bond donors (Lipinski definition) is 2. The third-order valence-electron chi connectivity index (χ3n) is 2.44. The Morgan fingerprint density at radius 1 is 1.36 bits per heavy atom. The monoisotopic (exact) mass is 277 g/mol. The molecular formula is C8H12BrN3OS. The van der Waals surface area contributed by atoms with Gasteiger partial charge in [0.1, 0.15) is 0 Å². The van der Waals surface area contributed by atoms with Crippen LogP contribution in [0.25, 0.3) is 0 Å². The van der Waals surface area contributed by atoms with Crippen molar-refractivity contribution in [3.63, 3.8) is 0 Å². The fourth-order valence-electron chi connectivity index (χ4n) is 1.70. The van der Waals surface area contributed by atoms with Gasteiger partial charge in [0.25, 0.3) is 0 Å². The second-order valence-electron chi connectivity index (χ2n) is 3.46. The van der Waals surface area contributed by atoms with Crippen LogP contribution in [0.3, 0.4) is 0 Å². The lowest BCUT2D eigenvalue weighted by atomic mass is 9.93. The Labute approximate surface area is 94.9 Å². The lowest BCUT2D eigenvalue weighted by Gasteiger charge is -2.27. The van der Waals surface area contributed by atoms with E-state index in [1.165, 1.54) is 17.8 Å². The Hall–Kier alpha value is -0.200. The van der Waals surface area contributed by atoms with Crippen molar-refractivity contribution < 1.29 is 5.11 Å². The van der Waals surface area contributed by atoms with Gasteiger partial charge in [-0.15, -0.1) is 10.2 Å². The Kier molecular flexibility index (Phi) is 3.35. The first-order valence-electron chi connectivity index (χ1n) is 4.69. The summed E-state index contributed by atoms with van der Waals surface area (Å²) in [6, 6.07) is 0.142. The predicted octanol–water partition coefficient (Wildman–Crippen LogP) is 2.02. The Morgan fingerprint density at radius 3 is 2.79 bits per heavy atom. The van der Waals surface area contributed by atoms with E-state index in [1.54, 1.807) is 0 Å². The number of rotatable bonds is 2. The van der Waals surface area contributed by atoms with Gasteiger partial charge in [0.15, 0.2) is 3.92 Å². The number of hydrogen-bond acceptors (Lipinski definition) is 5. The molecular weight excluding hydrogens is 266 g/mol. The number of aliphatic hydroxyl groups excluding tert-OH is 1. The minimum absolute atomic E-state index is 0.142. The summed E-state index contributed by atoms with van der Waals surface area (Å²) >= 11 is 4.71. The predicted molar refractivity (Wildman–Crippen MR) is 59.5 cm³/mol. The van der Waals surface area contributed by atoms with E-state index >= 15 is 0 Å². The standard InChI is InChI=1S/C8H12BrN3OS/c9-7-11-12-8(14-7)10-5-3-1-2-4-6(5)13/h5-6,13H,1-4H2,(H,10,12)/t5-,6+/m0/s1. The highest BCUT2D eigenvalue weighted by molar-refractivity contribution is 9.11. The first-order valence-corrected chi connectivity index (χ1v) is 6.30. The molecule has 1 fully saturated rings. The van der Waals surface area contributed by atoms with E-state index < -0.39 is 0 Å². The average Bonchev–Trinajstić information content (AvgIpc) is 2.56. The third-order valence-corrected chi connectivity index (χ3v) is 3.73. The summed E-state index contributed by atoms with van der Waals surface area (Å²) in [6.45, 7) is 0. The molecule has 0 aliphatic heterocycles. The molecule has 0 aromatic carbocycles. The molecule has 0 radical (unpaired) electrons. The summed E-state index contributed by atoms with van der Waals surface area (Å²) in [7, 11) is 0. The molecule has 0 bridgehead atoms. The van der Waals surface area contributed by atoms with Crippen LogP contribution in [-0.4, -0.2) is 27.4 Å². The van der Waals surface area contributed by atoms with Crippen molar-refractivity contribution >= 4 is 32.4 Å². The highest BCUT2D eigenvalue weighted by atomic mass is 79.9. The van der Waals surface area contributed by atoms with E-state index in [1.807, 2.05) is 0 Å². The zero-order valence-electron chi connectivity index (χ0n) is 7.61. The quantitative estimate of drug-likeness (QED) is 0.869.